The molecule has 1 saturated heterocycles. The average molecular weight is 442 g/mol. The first kappa shape index (κ1) is 21.3. The Bertz CT molecular complexity index is 1080. The summed E-state index contributed by atoms with van der Waals surface area (Å²) in [6.45, 7) is 3.23. The zero-order valence-electron chi connectivity index (χ0n) is 17.0. The van der Waals surface area contributed by atoms with Crippen LogP contribution in [-0.4, -0.2) is 59.1 Å². The van der Waals surface area contributed by atoms with Crippen molar-refractivity contribution in [3.05, 3.63) is 65.1 Å². The minimum Gasteiger partial charge on any atom is -0.379 e. The van der Waals surface area contributed by atoms with Gasteiger partial charge in [-0.25, -0.2) is 0 Å². The largest absolute Gasteiger partial charge is 0.379 e. The van der Waals surface area contributed by atoms with Gasteiger partial charge in [-0.05, 0) is 23.8 Å². The summed E-state index contributed by atoms with van der Waals surface area (Å²) >= 11 is 6.40. The molecule has 1 unspecified atom stereocenters. The van der Waals surface area contributed by atoms with Crippen LogP contribution in [0.1, 0.15) is 22.0 Å². The smallest absolute Gasteiger partial charge is 0.253 e. The number of nitrogens with two attached hydrogens (primary N) is 1. The van der Waals surface area contributed by atoms with Gasteiger partial charge in [0.2, 0.25) is 5.91 Å². The minimum atomic E-state index is -0.493. The number of benzene rings is 1. The number of rotatable bonds is 7. The van der Waals surface area contributed by atoms with Crippen molar-refractivity contribution in [3.63, 3.8) is 0 Å². The summed E-state index contributed by atoms with van der Waals surface area (Å²) in [5.74, 6) is -0.753. The van der Waals surface area contributed by atoms with E-state index < -0.39 is 5.91 Å². The van der Waals surface area contributed by atoms with E-state index in [9.17, 15) is 9.59 Å². The number of primary amides is 1. The van der Waals surface area contributed by atoms with Gasteiger partial charge in [0.1, 0.15) is 6.54 Å². The van der Waals surface area contributed by atoms with Crippen LogP contribution in [0.3, 0.4) is 0 Å². The molecule has 3 heterocycles. The first-order valence-electron chi connectivity index (χ1n) is 10.1. The third-order valence-corrected chi connectivity index (χ3v) is 5.75. The van der Waals surface area contributed by atoms with Crippen molar-refractivity contribution in [1.29, 1.82) is 0 Å². The van der Waals surface area contributed by atoms with Crippen LogP contribution in [0.4, 0.5) is 0 Å². The lowest BCUT2D eigenvalue weighted by atomic mass is 10.1. The van der Waals surface area contributed by atoms with Gasteiger partial charge in [0.25, 0.3) is 5.91 Å². The molecule has 1 aliphatic heterocycles. The van der Waals surface area contributed by atoms with Gasteiger partial charge in [0, 0.05) is 43.6 Å². The van der Waals surface area contributed by atoms with Crippen LogP contribution in [-0.2, 0) is 16.1 Å². The number of morpholine rings is 1. The van der Waals surface area contributed by atoms with Crippen LogP contribution >= 0.6 is 11.6 Å². The monoisotopic (exact) mass is 441 g/mol. The summed E-state index contributed by atoms with van der Waals surface area (Å²) in [5.41, 5.74) is 7.50. The van der Waals surface area contributed by atoms with E-state index in [0.717, 1.165) is 18.7 Å². The second-order valence-corrected chi connectivity index (χ2v) is 7.84. The predicted octanol–water partition coefficient (Wildman–Crippen LogP) is 1.98. The molecule has 9 heteroatoms. The molecule has 0 radical (unpaired) electrons. The number of carbonyl (C=O) groups excluding carboxylic acids is 2. The lowest BCUT2D eigenvalue weighted by Gasteiger charge is -2.34. The Morgan fingerprint density at radius 3 is 2.74 bits per heavy atom. The number of halogens is 1. The lowest BCUT2D eigenvalue weighted by molar-refractivity contribution is -0.118. The van der Waals surface area contributed by atoms with Crippen LogP contribution in [0.5, 0.6) is 0 Å². The number of carbonyl (C=O) groups is 2. The van der Waals surface area contributed by atoms with E-state index in [1.807, 2.05) is 24.4 Å². The van der Waals surface area contributed by atoms with E-state index in [1.165, 1.54) is 0 Å². The normalized spacial score (nSPS) is 15.6. The zero-order valence-corrected chi connectivity index (χ0v) is 17.7. The highest BCUT2D eigenvalue weighted by Crippen LogP contribution is 2.29. The van der Waals surface area contributed by atoms with Crippen LogP contribution < -0.4 is 11.1 Å². The summed E-state index contributed by atoms with van der Waals surface area (Å²) in [4.78, 5) is 31.2. The molecule has 3 aromatic rings. The molecule has 2 amide bonds. The van der Waals surface area contributed by atoms with E-state index in [4.69, 9.17) is 22.1 Å². The number of pyridine rings is 1. The van der Waals surface area contributed by atoms with Crippen molar-refractivity contribution >= 4 is 34.3 Å². The van der Waals surface area contributed by atoms with Crippen molar-refractivity contribution in [3.8, 4) is 0 Å². The van der Waals surface area contributed by atoms with Gasteiger partial charge in [-0.2, -0.15) is 0 Å². The maximum atomic E-state index is 13.2. The third kappa shape index (κ3) is 4.71. The molecule has 0 aliphatic carbocycles. The van der Waals surface area contributed by atoms with Gasteiger partial charge < -0.3 is 20.4 Å². The maximum Gasteiger partial charge on any atom is 0.253 e. The topological polar surface area (TPSA) is 102 Å². The predicted molar refractivity (Wildman–Crippen MR) is 118 cm³/mol. The Labute approximate surface area is 184 Å². The fourth-order valence-corrected chi connectivity index (χ4v) is 4.26. The number of aromatic nitrogens is 2. The second-order valence-electron chi connectivity index (χ2n) is 7.43. The first-order chi connectivity index (χ1) is 15.0. The van der Waals surface area contributed by atoms with Crippen LogP contribution in [0.2, 0.25) is 5.02 Å². The molecule has 0 spiro atoms. The van der Waals surface area contributed by atoms with E-state index in [0.29, 0.717) is 41.2 Å². The molecule has 4 rings (SSSR count). The average Bonchev–Trinajstić information content (AvgIpc) is 3.14. The highest BCUT2D eigenvalue weighted by atomic mass is 35.5. The van der Waals surface area contributed by atoms with Crippen LogP contribution in [0.15, 0.2) is 48.9 Å². The molecule has 162 valence electrons. The van der Waals surface area contributed by atoms with Crippen LogP contribution in [0.25, 0.3) is 10.9 Å². The number of nitrogens with zero attached hydrogens (tertiary/aromatic N) is 3. The van der Waals surface area contributed by atoms with Gasteiger partial charge in [0.05, 0.1) is 35.4 Å². The molecule has 1 fully saturated rings. The van der Waals surface area contributed by atoms with Gasteiger partial charge >= 0.3 is 0 Å². The first-order valence-corrected chi connectivity index (χ1v) is 10.5. The molecule has 31 heavy (non-hydrogen) atoms. The Morgan fingerprint density at radius 1 is 1.23 bits per heavy atom. The van der Waals surface area contributed by atoms with Crippen molar-refractivity contribution in [2.75, 3.05) is 32.8 Å². The molecule has 0 bridgehead atoms. The van der Waals surface area contributed by atoms with Crippen molar-refractivity contribution in [2.45, 2.75) is 12.6 Å². The molecule has 0 saturated carbocycles. The molecule has 1 aromatic carbocycles. The molecule has 3 N–H and O–H groups in total. The van der Waals surface area contributed by atoms with E-state index >= 15 is 0 Å². The quantitative estimate of drug-likeness (QED) is 0.583. The van der Waals surface area contributed by atoms with Gasteiger partial charge in [-0.1, -0.05) is 23.7 Å². The number of amides is 2. The van der Waals surface area contributed by atoms with Crippen LogP contribution in [0, 0.1) is 0 Å². The molecule has 1 atom stereocenters. The highest BCUT2D eigenvalue weighted by molar-refractivity contribution is 6.36. The summed E-state index contributed by atoms with van der Waals surface area (Å²) in [7, 11) is 0. The Balaban J connectivity index is 1.59. The van der Waals surface area contributed by atoms with E-state index in [2.05, 4.69) is 15.2 Å². The fourth-order valence-electron chi connectivity index (χ4n) is 3.98. The molecule has 2 aromatic heterocycles. The van der Waals surface area contributed by atoms with Crippen molar-refractivity contribution in [2.24, 2.45) is 5.73 Å². The number of fused-ring (bicyclic) bond motifs is 1. The number of hydrogen-bond donors (Lipinski definition) is 2. The lowest BCUT2D eigenvalue weighted by Crippen LogP contribution is -2.43. The zero-order chi connectivity index (χ0) is 21.8. The Morgan fingerprint density at radius 2 is 2.03 bits per heavy atom. The summed E-state index contributed by atoms with van der Waals surface area (Å²) in [5, 5.41) is 4.09. The summed E-state index contributed by atoms with van der Waals surface area (Å²) in [6, 6.07) is 9.18. The SMILES string of the molecule is NC(=O)Cn1cc(C(=O)NCC(c2cccnc2)N2CCOCC2)c2c(Cl)cccc21. The Kier molecular flexibility index (Phi) is 6.50. The standard InChI is InChI=1S/C22H24ClN5O3/c23-17-4-1-5-18-21(17)16(13-28(18)14-20(24)29)22(30)26-12-19(15-3-2-6-25-11-15)27-7-9-31-10-8-27/h1-6,11,13,19H,7-10,12,14H2,(H2,24,29)(H,26,30). The molecule has 8 nitrogen and oxygen atoms in total. The summed E-state index contributed by atoms with van der Waals surface area (Å²) in [6.07, 6.45) is 5.18. The number of hydrogen-bond acceptors (Lipinski definition) is 5. The maximum absolute atomic E-state index is 13.2. The van der Waals surface area contributed by atoms with Gasteiger partial charge in [0.15, 0.2) is 0 Å². The van der Waals surface area contributed by atoms with Gasteiger partial charge in [-0.3, -0.25) is 19.5 Å². The molecular formula is C22H24ClN5O3. The third-order valence-electron chi connectivity index (χ3n) is 5.44. The molecular weight excluding hydrogens is 418 g/mol. The van der Waals surface area contributed by atoms with Gasteiger partial charge in [-0.15, -0.1) is 0 Å². The highest BCUT2D eigenvalue weighted by Gasteiger charge is 2.25. The summed E-state index contributed by atoms with van der Waals surface area (Å²) < 4.78 is 7.13. The molecule has 1 aliphatic rings. The number of nitrogens with one attached hydrogen (secondary N) is 1. The minimum absolute atomic E-state index is 0.0315. The van der Waals surface area contributed by atoms with Crippen molar-refractivity contribution in [1.82, 2.24) is 19.8 Å². The van der Waals surface area contributed by atoms with E-state index in [1.54, 1.807) is 29.1 Å². The second kappa shape index (κ2) is 9.47. The number of ether oxygens (including phenoxy) is 1. The Hall–Kier alpha value is -2.94. The fraction of sp³-hybridized carbons (Fsp3) is 0.318. The van der Waals surface area contributed by atoms with Crippen molar-refractivity contribution < 1.29 is 14.3 Å². The van der Waals surface area contributed by atoms with E-state index in [-0.39, 0.29) is 18.5 Å².